The second kappa shape index (κ2) is 13.1. The molecule has 0 spiro atoms. The first-order chi connectivity index (χ1) is 16.5. The Labute approximate surface area is 208 Å². The maximum absolute atomic E-state index is 13.5. The molecule has 1 fully saturated rings. The van der Waals surface area contributed by atoms with Gasteiger partial charge in [0.05, 0.1) is 11.7 Å². The van der Waals surface area contributed by atoms with E-state index in [-0.39, 0.29) is 11.6 Å². The maximum atomic E-state index is 13.5. The van der Waals surface area contributed by atoms with E-state index >= 15 is 0 Å². The normalized spacial score (nSPS) is 20.6. The number of amides is 1. The Hall–Kier alpha value is -2.17. The first-order valence-corrected chi connectivity index (χ1v) is 13.5. The molecule has 3 aliphatic heterocycles. The van der Waals surface area contributed by atoms with E-state index in [1.54, 1.807) is 0 Å². The van der Waals surface area contributed by atoms with E-state index in [1.807, 2.05) is 41.5 Å². The van der Waals surface area contributed by atoms with Crippen molar-refractivity contribution in [2.45, 2.75) is 86.4 Å². The van der Waals surface area contributed by atoms with Crippen LogP contribution in [0.3, 0.4) is 0 Å². The van der Waals surface area contributed by atoms with Crippen LogP contribution in [0.1, 0.15) is 72.1 Å². The van der Waals surface area contributed by atoms with Gasteiger partial charge in [-0.2, -0.15) is 0 Å². The summed E-state index contributed by atoms with van der Waals surface area (Å²) in [5.74, 6) is 0.305. The third-order valence-electron chi connectivity index (χ3n) is 6.67. The first kappa shape index (κ1) is 28.1. The topological polar surface area (TPSA) is 26.8 Å². The minimum absolute atomic E-state index is 0.0148. The Kier molecular flexibility index (Phi) is 10.8. The van der Waals surface area contributed by atoms with Crippen molar-refractivity contribution in [2.24, 2.45) is 0 Å². The van der Waals surface area contributed by atoms with Crippen LogP contribution in [0.5, 0.6) is 0 Å². The summed E-state index contributed by atoms with van der Waals surface area (Å²) in [6, 6.07) is 17.2. The van der Waals surface area contributed by atoms with Crippen molar-refractivity contribution >= 4 is 11.6 Å². The molecule has 3 aliphatic rings. The van der Waals surface area contributed by atoms with Crippen LogP contribution in [0.2, 0.25) is 0 Å². The molecule has 3 heterocycles. The lowest BCUT2D eigenvalue weighted by molar-refractivity contribution is -0.126. The quantitative estimate of drug-likeness (QED) is 0.542. The molecule has 0 saturated carbocycles. The number of anilines is 1. The summed E-state index contributed by atoms with van der Waals surface area (Å²) in [5.41, 5.74) is 5.13. The fraction of sp³-hybridized carbons (Fsp3) is 0.567. The molecule has 34 heavy (non-hydrogen) atoms. The second-order valence-electron chi connectivity index (χ2n) is 9.11. The number of benzene rings is 2. The number of para-hydroxylation sites is 1. The fourth-order valence-electron chi connectivity index (χ4n) is 5.30. The van der Waals surface area contributed by atoms with Gasteiger partial charge >= 0.3 is 0 Å². The van der Waals surface area contributed by atoms with Gasteiger partial charge in [-0.05, 0) is 43.4 Å². The Morgan fingerprint density at radius 1 is 0.794 bits per heavy atom. The van der Waals surface area contributed by atoms with Gasteiger partial charge in [0.15, 0.2) is 0 Å². The molecule has 0 radical (unpaired) electrons. The summed E-state index contributed by atoms with van der Waals surface area (Å²) >= 11 is 0. The zero-order valence-electron chi connectivity index (χ0n) is 22.9. The van der Waals surface area contributed by atoms with Crippen LogP contribution in [0.25, 0.3) is 0 Å². The lowest BCUT2D eigenvalue weighted by atomic mass is 9.94. The molecule has 1 amide bonds. The molecule has 4 nitrogen and oxygen atoms in total. The number of rotatable bonds is 3. The first-order valence-electron chi connectivity index (χ1n) is 13.5. The van der Waals surface area contributed by atoms with Crippen molar-refractivity contribution < 1.29 is 4.79 Å². The predicted octanol–water partition coefficient (Wildman–Crippen LogP) is 6.18. The van der Waals surface area contributed by atoms with E-state index < -0.39 is 0 Å². The molecule has 188 valence electrons. The molecule has 0 N–H and O–H groups in total. The summed E-state index contributed by atoms with van der Waals surface area (Å²) in [5, 5.41) is 0. The zero-order chi connectivity index (χ0) is 25.3. The van der Waals surface area contributed by atoms with E-state index in [2.05, 4.69) is 77.1 Å². The highest BCUT2D eigenvalue weighted by Gasteiger charge is 2.48. The Bertz CT molecular complexity index is 885. The van der Waals surface area contributed by atoms with E-state index in [1.165, 1.54) is 22.4 Å². The van der Waals surface area contributed by atoms with Gasteiger partial charge in [0.25, 0.3) is 0 Å². The van der Waals surface area contributed by atoms with Crippen molar-refractivity contribution in [1.82, 2.24) is 9.80 Å². The molecule has 1 atom stereocenters. The second-order valence-corrected chi connectivity index (χ2v) is 9.11. The number of piperazine rings is 1. The highest BCUT2D eigenvalue weighted by atomic mass is 16.2. The minimum Gasteiger partial charge on any atom is -0.305 e. The van der Waals surface area contributed by atoms with E-state index in [0.717, 1.165) is 45.6 Å². The average Bonchev–Trinajstić information content (AvgIpc) is 3.17. The van der Waals surface area contributed by atoms with E-state index in [0.29, 0.717) is 5.91 Å². The highest BCUT2D eigenvalue weighted by molar-refractivity contribution is 6.03. The van der Waals surface area contributed by atoms with Crippen LogP contribution in [0.15, 0.2) is 48.5 Å². The van der Waals surface area contributed by atoms with Crippen LogP contribution < -0.4 is 4.90 Å². The smallest absolute Gasteiger partial charge is 0.245 e. The van der Waals surface area contributed by atoms with Crippen LogP contribution in [0.4, 0.5) is 5.69 Å². The highest BCUT2D eigenvalue weighted by Crippen LogP contribution is 2.45. The molecule has 2 aromatic rings. The van der Waals surface area contributed by atoms with Crippen LogP contribution in [-0.2, 0) is 24.2 Å². The van der Waals surface area contributed by atoms with Crippen LogP contribution in [-0.4, -0.2) is 53.5 Å². The molecule has 0 aromatic heterocycles. The standard InChI is InChI=1S/C24H29N3O.3C2H6/c1-24(2)16-20-10-6-9-19-15-21(23(28)27(24)22(19)20)26-13-11-25(12-14-26)17-18-7-4-3-5-8-18;3*1-2/h3-10,21H,11-17H2,1-2H3;3*1-2H3. The summed E-state index contributed by atoms with van der Waals surface area (Å²) in [6.45, 7) is 21.4. The maximum Gasteiger partial charge on any atom is 0.245 e. The van der Waals surface area contributed by atoms with Gasteiger partial charge in [-0.25, -0.2) is 0 Å². The molecule has 0 bridgehead atoms. The van der Waals surface area contributed by atoms with E-state index in [9.17, 15) is 4.79 Å². The molecule has 5 rings (SSSR count). The average molecular weight is 466 g/mol. The van der Waals surface area contributed by atoms with Crippen LogP contribution >= 0.6 is 0 Å². The Balaban J connectivity index is 0.000000633. The van der Waals surface area contributed by atoms with Crippen molar-refractivity contribution in [3.8, 4) is 0 Å². The third kappa shape index (κ3) is 5.90. The van der Waals surface area contributed by atoms with Crippen molar-refractivity contribution in [3.05, 3.63) is 65.2 Å². The van der Waals surface area contributed by atoms with Crippen molar-refractivity contribution in [2.75, 3.05) is 31.1 Å². The summed E-state index contributed by atoms with van der Waals surface area (Å²) in [6.07, 6.45) is 1.81. The van der Waals surface area contributed by atoms with Gasteiger partial charge in [0.2, 0.25) is 5.91 Å². The number of carbonyl (C=O) groups is 1. The molecule has 0 aliphatic carbocycles. The van der Waals surface area contributed by atoms with Crippen molar-refractivity contribution in [3.63, 3.8) is 0 Å². The molecule has 1 saturated heterocycles. The summed E-state index contributed by atoms with van der Waals surface area (Å²) in [4.78, 5) is 20.6. The number of nitrogens with zero attached hydrogens (tertiary/aromatic N) is 3. The third-order valence-corrected chi connectivity index (χ3v) is 6.67. The van der Waals surface area contributed by atoms with Gasteiger partial charge in [-0.1, -0.05) is 90.1 Å². The lowest BCUT2D eigenvalue weighted by Gasteiger charge is -2.45. The SMILES string of the molecule is CC.CC.CC.CC1(C)Cc2cccc3c2N1C(=O)C(N1CCN(Cc2ccccc2)CC1)C3. The monoisotopic (exact) mass is 465 g/mol. The zero-order valence-corrected chi connectivity index (χ0v) is 22.9. The van der Waals surface area contributed by atoms with Crippen LogP contribution in [0, 0.1) is 0 Å². The predicted molar refractivity (Wildman–Crippen MR) is 147 cm³/mol. The van der Waals surface area contributed by atoms with Gasteiger partial charge < -0.3 is 4.90 Å². The molecule has 1 unspecified atom stereocenters. The number of hydrogen-bond donors (Lipinski definition) is 0. The van der Waals surface area contributed by atoms with Crippen molar-refractivity contribution in [1.29, 1.82) is 0 Å². The summed E-state index contributed by atoms with van der Waals surface area (Å²) in [7, 11) is 0. The Morgan fingerprint density at radius 2 is 1.38 bits per heavy atom. The van der Waals surface area contributed by atoms with E-state index in [4.69, 9.17) is 0 Å². The fourth-order valence-corrected chi connectivity index (χ4v) is 5.30. The Morgan fingerprint density at radius 3 is 2.00 bits per heavy atom. The van der Waals surface area contributed by atoms with Gasteiger partial charge in [-0.3, -0.25) is 14.6 Å². The summed E-state index contributed by atoms with van der Waals surface area (Å²) < 4.78 is 0. The molecule has 4 heteroatoms. The largest absolute Gasteiger partial charge is 0.305 e. The number of hydrogen-bond acceptors (Lipinski definition) is 3. The molecular formula is C30H47N3O. The number of carbonyl (C=O) groups excluding carboxylic acids is 1. The lowest BCUT2D eigenvalue weighted by Crippen LogP contribution is -2.60. The molecule has 2 aromatic carbocycles. The van der Waals surface area contributed by atoms with Gasteiger partial charge in [0.1, 0.15) is 0 Å². The van der Waals surface area contributed by atoms with Gasteiger partial charge in [-0.15, -0.1) is 0 Å². The molecular weight excluding hydrogens is 418 g/mol. The minimum atomic E-state index is -0.122. The van der Waals surface area contributed by atoms with Gasteiger partial charge in [0, 0.05) is 38.3 Å².